The second kappa shape index (κ2) is 33.5. The Labute approximate surface area is 481 Å². The lowest BCUT2D eigenvalue weighted by atomic mass is 9.84. The van der Waals surface area contributed by atoms with Gasteiger partial charge in [0, 0.05) is 56.1 Å². The van der Waals surface area contributed by atoms with Crippen molar-refractivity contribution in [1.29, 1.82) is 0 Å². The van der Waals surface area contributed by atoms with Gasteiger partial charge in [0.05, 0.1) is 36.7 Å². The van der Waals surface area contributed by atoms with Gasteiger partial charge in [-0.05, 0) is 101 Å². The highest BCUT2D eigenvalue weighted by molar-refractivity contribution is 7.09. The average molecular weight is 1150 g/mol. The third-order valence-electron chi connectivity index (χ3n) is 14.8. The van der Waals surface area contributed by atoms with Gasteiger partial charge in [0.15, 0.2) is 11.9 Å². The maximum absolute atomic E-state index is 14.9. The molecule has 7 N–H and O–H groups in total. The first-order chi connectivity index (χ1) is 38.5. The number of esters is 1. The zero-order chi connectivity index (χ0) is 59.8. The summed E-state index contributed by atoms with van der Waals surface area (Å²) in [4.78, 5) is 132. The molecule has 446 valence electrons. The van der Waals surface area contributed by atoms with Crippen molar-refractivity contribution < 1.29 is 57.8 Å². The quantitative estimate of drug-likeness (QED) is 0.0191. The van der Waals surface area contributed by atoms with E-state index >= 15 is 0 Å². The molecule has 21 heteroatoms. The molecule has 20 nitrogen and oxygen atoms in total. The lowest BCUT2D eigenvalue weighted by molar-refractivity contribution is -0.213. The number of carbonyl (C=O) groups is 9. The number of anilines is 1. The van der Waals surface area contributed by atoms with E-state index in [0.29, 0.717) is 35.5 Å². The Balaban J connectivity index is 1.50. The van der Waals surface area contributed by atoms with E-state index < -0.39 is 71.3 Å². The number of carbonyl (C=O) groups excluding carboxylic acids is 8. The summed E-state index contributed by atoms with van der Waals surface area (Å²) >= 11 is 1.10. The van der Waals surface area contributed by atoms with Crippen molar-refractivity contribution in [2.75, 3.05) is 32.1 Å². The molecule has 0 aliphatic carbocycles. The van der Waals surface area contributed by atoms with Gasteiger partial charge in [-0.25, -0.2) is 10.0 Å². The number of rotatable bonds is 35. The molecule has 2 aromatic carbocycles. The summed E-state index contributed by atoms with van der Waals surface area (Å²) in [6.07, 6.45) is 4.62. The molecule has 1 saturated heterocycles. The van der Waals surface area contributed by atoms with Crippen LogP contribution in [0.4, 0.5) is 5.69 Å². The summed E-state index contributed by atoms with van der Waals surface area (Å²) in [5, 5.41) is 24.9. The number of nitrogens with zero attached hydrogens (tertiary/aromatic N) is 3. The molecular formula is C60H88N8O12S. The molecule has 2 heterocycles. The van der Waals surface area contributed by atoms with Gasteiger partial charge in [0.25, 0.3) is 11.8 Å². The second-order valence-electron chi connectivity index (χ2n) is 22.3. The number of nitrogens with one attached hydrogen (secondary N) is 4. The number of carboxylic acids is 1. The minimum atomic E-state index is -1.26. The normalized spacial score (nSPS) is 16.0. The van der Waals surface area contributed by atoms with Gasteiger partial charge >= 0.3 is 11.9 Å². The van der Waals surface area contributed by atoms with E-state index in [9.17, 15) is 48.3 Å². The Morgan fingerprint density at radius 1 is 0.864 bits per heavy atom. The molecule has 81 heavy (non-hydrogen) atoms. The summed E-state index contributed by atoms with van der Waals surface area (Å²) in [7, 11) is 1.92. The van der Waals surface area contributed by atoms with Gasteiger partial charge < -0.3 is 36.8 Å². The van der Waals surface area contributed by atoms with Gasteiger partial charge in [-0.15, -0.1) is 11.3 Å². The number of benzene rings is 2. The molecule has 7 atom stereocenters. The first-order valence-electron chi connectivity index (χ1n) is 28.6. The van der Waals surface area contributed by atoms with Crippen molar-refractivity contribution in [3.8, 4) is 0 Å². The van der Waals surface area contributed by atoms with Gasteiger partial charge in [-0.1, -0.05) is 103 Å². The molecule has 0 radical (unpaired) electrons. The van der Waals surface area contributed by atoms with Crippen LogP contribution in [0.1, 0.15) is 172 Å². The number of hydrogen-bond acceptors (Lipinski definition) is 15. The van der Waals surface area contributed by atoms with Crippen molar-refractivity contribution >= 4 is 70.1 Å². The van der Waals surface area contributed by atoms with Crippen LogP contribution in [0, 0.1) is 17.3 Å². The van der Waals surface area contributed by atoms with E-state index in [1.807, 2.05) is 70.0 Å². The highest BCUT2D eigenvalue weighted by Crippen LogP contribution is 2.33. The molecule has 0 unspecified atom stereocenters. The van der Waals surface area contributed by atoms with E-state index in [4.69, 9.17) is 15.3 Å². The third-order valence-corrected chi connectivity index (χ3v) is 15.7. The second-order valence-corrected chi connectivity index (χ2v) is 23.2. The van der Waals surface area contributed by atoms with E-state index in [2.05, 4.69) is 33.2 Å². The number of thiazole rings is 1. The van der Waals surface area contributed by atoms with E-state index in [-0.39, 0.29) is 106 Å². The fourth-order valence-corrected chi connectivity index (χ4v) is 10.4. The smallest absolute Gasteiger partial charge is 0.309 e. The topological polar surface area (TPSA) is 286 Å². The number of ether oxygens (including phenoxy) is 1. The molecule has 1 aliphatic heterocycles. The zero-order valence-corrected chi connectivity index (χ0v) is 49.7. The van der Waals surface area contributed by atoms with Crippen molar-refractivity contribution in [3.63, 3.8) is 0 Å². The van der Waals surface area contributed by atoms with Crippen molar-refractivity contribution in [3.05, 3.63) is 81.8 Å². The van der Waals surface area contributed by atoms with Crippen LogP contribution in [0.25, 0.3) is 0 Å². The van der Waals surface area contributed by atoms with Crippen LogP contribution in [0.3, 0.4) is 0 Å². The average Bonchev–Trinajstić information content (AvgIpc) is 3.98. The fourth-order valence-electron chi connectivity index (χ4n) is 9.61. The number of hydrogen-bond donors (Lipinski definition) is 6. The Morgan fingerprint density at radius 2 is 1.54 bits per heavy atom. The number of piperidine rings is 1. The van der Waals surface area contributed by atoms with Crippen molar-refractivity contribution in [2.45, 2.75) is 188 Å². The first-order valence-corrected chi connectivity index (χ1v) is 29.4. The van der Waals surface area contributed by atoms with Crippen LogP contribution in [-0.4, -0.2) is 130 Å². The highest BCUT2D eigenvalue weighted by atomic mass is 32.1. The number of carboxylic acid groups (broad SMARTS) is 1. The van der Waals surface area contributed by atoms with Gasteiger partial charge in [-0.2, -0.15) is 0 Å². The van der Waals surface area contributed by atoms with Crippen LogP contribution >= 0.6 is 11.3 Å². The van der Waals surface area contributed by atoms with Crippen molar-refractivity contribution in [1.82, 2.24) is 30.9 Å². The van der Waals surface area contributed by atoms with Crippen LogP contribution in [0.2, 0.25) is 0 Å². The number of amides is 5. The maximum Gasteiger partial charge on any atom is 0.309 e. The van der Waals surface area contributed by atoms with Crippen LogP contribution in [-0.2, 0) is 60.8 Å². The van der Waals surface area contributed by atoms with Crippen LogP contribution in [0.15, 0.2) is 60.0 Å². The van der Waals surface area contributed by atoms with Crippen LogP contribution < -0.4 is 27.0 Å². The largest absolute Gasteiger partial charge is 0.481 e. The number of aromatic nitrogens is 1. The number of hydroxylamine groups is 2. The molecule has 0 saturated carbocycles. The molecule has 1 aromatic heterocycles. The summed E-state index contributed by atoms with van der Waals surface area (Å²) in [5.74, 6) is -4.92. The zero-order valence-electron chi connectivity index (χ0n) is 48.9. The highest BCUT2D eigenvalue weighted by Gasteiger charge is 2.40. The van der Waals surface area contributed by atoms with E-state index in [1.165, 1.54) is 17.4 Å². The lowest BCUT2D eigenvalue weighted by Crippen LogP contribution is -2.58. The Morgan fingerprint density at radius 3 is 2.16 bits per heavy atom. The number of unbranched alkanes of at least 4 members (excludes halogenated alkanes) is 2. The predicted molar refractivity (Wildman–Crippen MR) is 310 cm³/mol. The Kier molecular flexibility index (Phi) is 27.7. The van der Waals surface area contributed by atoms with Gasteiger partial charge in [0.2, 0.25) is 17.7 Å². The lowest BCUT2D eigenvalue weighted by Gasteiger charge is -2.39. The number of ketones is 2. The number of nitrogens with two attached hydrogens (primary N) is 1. The molecule has 1 fully saturated rings. The Bertz CT molecular complexity index is 2560. The van der Waals surface area contributed by atoms with E-state index in [0.717, 1.165) is 49.1 Å². The summed E-state index contributed by atoms with van der Waals surface area (Å²) in [5.41, 5.74) is 6.07. The summed E-state index contributed by atoms with van der Waals surface area (Å²) in [6, 6.07) is 12.3. The number of likely N-dealkylation sites (tertiary alicyclic amines) is 1. The minimum absolute atomic E-state index is 0.00617. The number of Topliss-reactive ketones (excluding diaryl/α,β-unsaturated/α-hetero) is 2. The van der Waals surface area contributed by atoms with Gasteiger partial charge in [0.1, 0.15) is 22.5 Å². The molecule has 0 spiro atoms. The predicted octanol–water partition coefficient (Wildman–Crippen LogP) is 7.29. The molecule has 4 rings (SSSR count). The van der Waals surface area contributed by atoms with Crippen LogP contribution in [0.5, 0.6) is 0 Å². The molecule has 1 aliphatic rings. The summed E-state index contributed by atoms with van der Waals surface area (Å²) < 4.78 is 5.91. The fraction of sp³-hybridized carbons (Fsp3) is 0.600. The molecule has 0 bridgehead atoms. The SMILES string of the molecule is CCCCCON(C(=O)[C@@H](NC(=O)[C@H]1CCCCN1C)[C@@H](C)CC)[C@H](C[C@@H](OC(C)=O)c1nc(C(=O)N[C@@H](Cc2ccc(NC(=O)CCC(=O)[C@H](Cc3ccccc3)NC(=O)CCC(=O)CN)cc2)CC(C)(C)C(=O)O)cs1)C(C)C. The molecular weight excluding hydrogens is 1060 g/mol. The summed E-state index contributed by atoms with van der Waals surface area (Å²) in [6.45, 7) is 15.0. The Hall–Kier alpha value is -6.42. The molecule has 5 amide bonds. The molecule has 3 aromatic rings. The minimum Gasteiger partial charge on any atom is -0.481 e. The maximum atomic E-state index is 14.9. The number of aliphatic carboxylic acids is 1. The third kappa shape index (κ3) is 22.1. The standard InChI is InChI=1S/C60H88N8O12S/c1-10-12-18-31-79-68(58(76)54(39(5)11-2)66-56(75)48-21-16-17-30-67(48)9)49(38(3)4)34-51(80-40(6)69)57-65-47(37-81-57)55(74)63-44(35-60(7,8)59(77)78)32-42-22-24-43(25-23-42)62-52(72)29-27-50(71)46(33-41-19-14-13-15-20-41)64-53(73)28-26-45(70)36-61/h13-15,19-20,22-25,37-39,44,46,48-49,51,54H,10-12,16-18,21,26-36,61H2,1-9H3,(H,62,72)(H,63,74)(H,64,73)(H,66,75)(H,77,78)/t39-,44-,46-,48+,49+,51+,54-/m0/s1. The van der Waals surface area contributed by atoms with E-state index in [1.54, 1.807) is 38.1 Å². The first kappa shape index (κ1) is 67.1. The van der Waals surface area contributed by atoms with Gasteiger partial charge in [-0.3, -0.25) is 52.9 Å². The number of likely N-dealkylation sites (N-methyl/N-ethyl adjacent to an activating group) is 1. The van der Waals surface area contributed by atoms with Crippen molar-refractivity contribution in [2.24, 2.45) is 23.0 Å². The monoisotopic (exact) mass is 1140 g/mol.